The summed E-state index contributed by atoms with van der Waals surface area (Å²) < 4.78 is 11.4. The average molecular weight is 406 g/mol. The number of anilines is 1. The Morgan fingerprint density at radius 3 is 2.17 bits per heavy atom. The highest BCUT2D eigenvalue weighted by Crippen LogP contribution is 2.36. The lowest BCUT2D eigenvalue weighted by Gasteiger charge is -2.37. The molecule has 2 aromatic rings. The van der Waals surface area contributed by atoms with Crippen LogP contribution in [0.25, 0.3) is 5.57 Å². The fraction of sp³-hybridized carbons (Fsp3) is 0.333. The van der Waals surface area contributed by atoms with Gasteiger partial charge in [-0.15, -0.1) is 0 Å². The van der Waals surface area contributed by atoms with Crippen molar-refractivity contribution >= 4 is 23.1 Å². The van der Waals surface area contributed by atoms with Crippen LogP contribution in [0.2, 0.25) is 0 Å². The first-order valence-corrected chi connectivity index (χ1v) is 10.3. The van der Waals surface area contributed by atoms with Gasteiger partial charge < -0.3 is 14.4 Å². The molecular weight excluding hydrogens is 380 g/mol. The SMILES string of the molecule is CCOc1ccc(C2=C(N3CC(C)OC(C)C3)C(=O)N(c3ccccc3)C2=O)cc1. The molecule has 1 fully saturated rings. The standard InChI is InChI=1S/C24H26N2O4/c1-4-29-20-12-10-18(11-13-20)21-22(25-14-16(2)30-17(3)15-25)24(28)26(23(21)27)19-8-6-5-7-9-19/h5-13,16-17H,4,14-15H2,1-3H3. The van der Waals surface area contributed by atoms with Gasteiger partial charge in [-0.05, 0) is 50.6 Å². The minimum Gasteiger partial charge on any atom is -0.494 e. The number of nitrogens with zero attached hydrogens (tertiary/aromatic N) is 2. The molecule has 0 aliphatic carbocycles. The molecule has 1 saturated heterocycles. The summed E-state index contributed by atoms with van der Waals surface area (Å²) in [4.78, 5) is 30.3. The Morgan fingerprint density at radius 2 is 1.57 bits per heavy atom. The van der Waals surface area contributed by atoms with Gasteiger partial charge in [0.2, 0.25) is 0 Å². The lowest BCUT2D eigenvalue weighted by molar-refractivity contribution is -0.121. The van der Waals surface area contributed by atoms with Crippen LogP contribution in [0.15, 0.2) is 60.3 Å². The van der Waals surface area contributed by atoms with E-state index in [-0.39, 0.29) is 24.0 Å². The fourth-order valence-electron chi connectivity index (χ4n) is 4.13. The van der Waals surface area contributed by atoms with Crippen LogP contribution in [-0.2, 0) is 14.3 Å². The van der Waals surface area contributed by atoms with Crippen LogP contribution in [0.1, 0.15) is 26.3 Å². The van der Waals surface area contributed by atoms with Gasteiger partial charge >= 0.3 is 0 Å². The second kappa shape index (κ2) is 8.32. The molecule has 2 aliphatic heterocycles. The molecule has 0 bridgehead atoms. The molecular formula is C24H26N2O4. The minimum atomic E-state index is -0.308. The van der Waals surface area contributed by atoms with Gasteiger partial charge in [-0.3, -0.25) is 9.59 Å². The second-order valence-corrected chi connectivity index (χ2v) is 7.62. The van der Waals surface area contributed by atoms with Crippen molar-refractivity contribution in [2.75, 3.05) is 24.6 Å². The maximum atomic E-state index is 13.5. The number of imide groups is 1. The van der Waals surface area contributed by atoms with Gasteiger partial charge in [-0.2, -0.15) is 0 Å². The number of carbonyl (C=O) groups is 2. The van der Waals surface area contributed by atoms with Crippen LogP contribution < -0.4 is 9.64 Å². The van der Waals surface area contributed by atoms with Crippen molar-refractivity contribution in [3.63, 3.8) is 0 Å². The van der Waals surface area contributed by atoms with Crippen molar-refractivity contribution in [2.45, 2.75) is 33.0 Å². The van der Waals surface area contributed by atoms with Crippen LogP contribution in [0.5, 0.6) is 5.75 Å². The second-order valence-electron chi connectivity index (χ2n) is 7.62. The van der Waals surface area contributed by atoms with Crippen molar-refractivity contribution in [3.8, 4) is 5.75 Å². The monoisotopic (exact) mass is 406 g/mol. The summed E-state index contributed by atoms with van der Waals surface area (Å²) in [5.74, 6) is 0.127. The summed E-state index contributed by atoms with van der Waals surface area (Å²) in [6.07, 6.45) is -0.0620. The van der Waals surface area contributed by atoms with Crippen molar-refractivity contribution in [3.05, 3.63) is 65.9 Å². The Bertz CT molecular complexity index is 958. The molecule has 2 unspecified atom stereocenters. The maximum Gasteiger partial charge on any atom is 0.282 e. The van der Waals surface area contributed by atoms with Gasteiger partial charge in [0.15, 0.2) is 0 Å². The summed E-state index contributed by atoms with van der Waals surface area (Å²) in [6.45, 7) is 7.57. The van der Waals surface area contributed by atoms with Crippen LogP contribution in [0.3, 0.4) is 0 Å². The van der Waals surface area contributed by atoms with Crippen molar-refractivity contribution in [1.29, 1.82) is 0 Å². The number of benzene rings is 2. The molecule has 2 aliphatic rings. The third-order valence-electron chi connectivity index (χ3n) is 5.26. The Balaban J connectivity index is 1.80. The van der Waals surface area contributed by atoms with E-state index >= 15 is 0 Å². The van der Waals surface area contributed by atoms with E-state index in [1.807, 2.05) is 68.1 Å². The van der Waals surface area contributed by atoms with Gasteiger partial charge in [0, 0.05) is 13.1 Å². The smallest absolute Gasteiger partial charge is 0.282 e. The molecule has 0 radical (unpaired) electrons. The molecule has 4 rings (SSSR count). The topological polar surface area (TPSA) is 59.1 Å². The zero-order chi connectivity index (χ0) is 21.3. The molecule has 2 amide bonds. The van der Waals surface area contributed by atoms with Gasteiger partial charge in [0.1, 0.15) is 11.4 Å². The number of ether oxygens (including phenoxy) is 2. The van der Waals surface area contributed by atoms with Crippen LogP contribution in [0, 0.1) is 0 Å². The molecule has 2 atom stereocenters. The first kappa shape index (κ1) is 20.2. The van der Waals surface area contributed by atoms with Crippen LogP contribution >= 0.6 is 0 Å². The lowest BCUT2D eigenvalue weighted by Crippen LogP contribution is -2.47. The van der Waals surface area contributed by atoms with Gasteiger partial charge in [0.05, 0.1) is 30.1 Å². The van der Waals surface area contributed by atoms with E-state index in [1.165, 1.54) is 4.90 Å². The van der Waals surface area contributed by atoms with Crippen molar-refractivity contribution in [1.82, 2.24) is 4.90 Å². The summed E-state index contributed by atoms with van der Waals surface area (Å²) in [7, 11) is 0. The number of hydrogen-bond donors (Lipinski definition) is 0. The van der Waals surface area contributed by atoms with E-state index in [4.69, 9.17) is 9.47 Å². The molecule has 30 heavy (non-hydrogen) atoms. The van der Waals surface area contributed by atoms with E-state index < -0.39 is 0 Å². The normalized spacial score (nSPS) is 22.1. The van der Waals surface area contributed by atoms with E-state index in [1.54, 1.807) is 12.1 Å². The highest BCUT2D eigenvalue weighted by atomic mass is 16.5. The fourth-order valence-corrected chi connectivity index (χ4v) is 4.13. The Morgan fingerprint density at radius 1 is 0.933 bits per heavy atom. The molecule has 2 aromatic carbocycles. The Kier molecular flexibility index (Phi) is 5.59. The summed E-state index contributed by atoms with van der Waals surface area (Å²) >= 11 is 0. The molecule has 0 N–H and O–H groups in total. The largest absolute Gasteiger partial charge is 0.494 e. The molecule has 0 aromatic heterocycles. The quantitative estimate of drug-likeness (QED) is 0.712. The van der Waals surface area contributed by atoms with E-state index in [0.29, 0.717) is 42.2 Å². The molecule has 6 heteroatoms. The summed E-state index contributed by atoms with van der Waals surface area (Å²) in [5, 5.41) is 0. The molecule has 0 saturated carbocycles. The number of morpholine rings is 1. The average Bonchev–Trinajstić information content (AvgIpc) is 2.99. The van der Waals surface area contributed by atoms with Crippen LogP contribution in [0.4, 0.5) is 5.69 Å². The summed E-state index contributed by atoms with van der Waals surface area (Å²) in [6, 6.07) is 16.4. The number of hydrogen-bond acceptors (Lipinski definition) is 5. The van der Waals surface area contributed by atoms with Crippen LogP contribution in [-0.4, -0.2) is 48.6 Å². The first-order valence-electron chi connectivity index (χ1n) is 10.3. The number of para-hydroxylation sites is 1. The maximum absolute atomic E-state index is 13.5. The minimum absolute atomic E-state index is 0.0310. The summed E-state index contributed by atoms with van der Waals surface area (Å²) in [5.41, 5.74) is 2.14. The zero-order valence-corrected chi connectivity index (χ0v) is 17.5. The third kappa shape index (κ3) is 3.71. The first-order chi connectivity index (χ1) is 14.5. The van der Waals surface area contributed by atoms with Crippen molar-refractivity contribution < 1.29 is 19.1 Å². The van der Waals surface area contributed by atoms with E-state index in [9.17, 15) is 9.59 Å². The van der Waals surface area contributed by atoms with Crippen molar-refractivity contribution in [2.24, 2.45) is 0 Å². The van der Waals surface area contributed by atoms with Gasteiger partial charge in [-0.25, -0.2) is 4.90 Å². The highest BCUT2D eigenvalue weighted by molar-refractivity contribution is 6.45. The molecule has 6 nitrogen and oxygen atoms in total. The van der Waals surface area contributed by atoms with E-state index in [2.05, 4.69) is 0 Å². The highest BCUT2D eigenvalue weighted by Gasteiger charge is 2.43. The predicted molar refractivity (Wildman–Crippen MR) is 115 cm³/mol. The molecule has 2 heterocycles. The lowest BCUT2D eigenvalue weighted by atomic mass is 10.0. The number of carbonyl (C=O) groups excluding carboxylic acids is 2. The van der Waals surface area contributed by atoms with E-state index in [0.717, 1.165) is 5.75 Å². The zero-order valence-electron chi connectivity index (χ0n) is 17.5. The predicted octanol–water partition coefficient (Wildman–Crippen LogP) is 3.48. The molecule has 156 valence electrons. The van der Waals surface area contributed by atoms with Gasteiger partial charge in [-0.1, -0.05) is 30.3 Å². The molecule has 0 spiro atoms. The Labute approximate surface area is 176 Å². The number of rotatable bonds is 5. The number of amides is 2. The Hall–Kier alpha value is -3.12. The third-order valence-corrected chi connectivity index (χ3v) is 5.26. The van der Waals surface area contributed by atoms with Gasteiger partial charge in [0.25, 0.3) is 11.8 Å².